The summed E-state index contributed by atoms with van der Waals surface area (Å²) in [6.07, 6.45) is 9.19. The fraction of sp³-hybridized carbons (Fsp3) is 0.936. The van der Waals surface area contributed by atoms with E-state index < -0.39 is 47.8 Å². The van der Waals surface area contributed by atoms with Gasteiger partial charge in [0.25, 0.3) is 0 Å². The van der Waals surface area contributed by atoms with Gasteiger partial charge in [0.1, 0.15) is 0 Å². The first-order valence-corrected chi connectivity index (χ1v) is 22.8. The minimum absolute atomic E-state index is 0.0205. The molecule has 17 atom stereocenters. The molecule has 6 fully saturated rings. The molecule has 57 heavy (non-hydrogen) atoms. The number of hydrogen-bond donors (Lipinski definition) is 7. The van der Waals surface area contributed by atoms with Gasteiger partial charge in [-0.1, -0.05) is 74.5 Å². The Morgan fingerprint density at radius 1 is 0.877 bits per heavy atom. The number of carbonyl (C=O) groups is 1. The molecule has 7 rings (SSSR count). The molecule has 0 aliphatic heterocycles. The van der Waals surface area contributed by atoms with Crippen molar-refractivity contribution in [3.8, 4) is 0 Å². The lowest BCUT2D eigenvalue weighted by Crippen LogP contribution is -2.68. The van der Waals surface area contributed by atoms with Crippen molar-refractivity contribution in [3.63, 3.8) is 0 Å². The Labute approximate surface area is 342 Å². The van der Waals surface area contributed by atoms with E-state index in [0.29, 0.717) is 42.6 Å². The molecule has 0 bridgehead atoms. The predicted octanol–water partition coefficient (Wildman–Crippen LogP) is 6.40. The quantitative estimate of drug-likeness (QED) is 0.0817. The van der Waals surface area contributed by atoms with E-state index in [2.05, 4.69) is 60.6 Å². The van der Waals surface area contributed by atoms with Crippen molar-refractivity contribution in [3.05, 3.63) is 12.2 Å². The highest BCUT2D eigenvalue weighted by atomic mass is 16.6. The second kappa shape index (κ2) is 15.1. The van der Waals surface area contributed by atoms with Gasteiger partial charge in [0, 0.05) is 30.3 Å². The van der Waals surface area contributed by atoms with E-state index in [1.54, 1.807) is 18.7 Å². The summed E-state index contributed by atoms with van der Waals surface area (Å²) in [6, 6.07) is 0. The number of carboxylic acid groups (broad SMARTS) is 1. The summed E-state index contributed by atoms with van der Waals surface area (Å²) in [5, 5.41) is 76.5. The predicted molar refractivity (Wildman–Crippen MR) is 218 cm³/mol. The largest absolute Gasteiger partial charge is 0.478 e. The molecule has 326 valence electrons. The third-order valence-electron chi connectivity index (χ3n) is 19.3. The Balaban J connectivity index is 1.14. The molecule has 7 N–H and O–H groups in total. The number of aliphatic carboxylic acids is 1. The zero-order valence-corrected chi connectivity index (χ0v) is 36.6. The van der Waals surface area contributed by atoms with E-state index in [1.807, 2.05) is 0 Å². The van der Waals surface area contributed by atoms with Gasteiger partial charge in [0.05, 0.1) is 18.3 Å². The second-order valence-corrected chi connectivity index (χ2v) is 23.2. The monoisotopic (exact) mass is 802 g/mol. The highest BCUT2D eigenvalue weighted by molar-refractivity contribution is 5.71. The molecular weight excluding hydrogens is 723 g/mol. The molecule has 0 spiro atoms. The molecule has 0 aromatic rings. The lowest BCUT2D eigenvalue weighted by Gasteiger charge is -2.73. The molecule has 7 aliphatic carbocycles. The Morgan fingerprint density at radius 2 is 1.58 bits per heavy atom. The van der Waals surface area contributed by atoms with Crippen LogP contribution < -0.4 is 0 Å². The Bertz CT molecular complexity index is 1510. The van der Waals surface area contributed by atoms with Crippen LogP contribution in [0.4, 0.5) is 0 Å². The van der Waals surface area contributed by atoms with Gasteiger partial charge >= 0.3 is 5.97 Å². The van der Waals surface area contributed by atoms with E-state index in [4.69, 9.17) is 4.74 Å². The number of nitrogens with zero attached hydrogens (tertiary/aromatic N) is 1. The SMILES string of the molecule is CC(C)[C@H]1C(O)CC2(C(O)CN(CC3C=CC4CC4C3)C(O)C(=O)O)CC[C@]3(C)C(CCC4C5(C)CCC(OC(O)CC(C)(C)C(O)O)C(C)(C)C5CCC43C)C12. The highest BCUT2D eigenvalue weighted by Gasteiger charge is 2.73. The second-order valence-electron chi connectivity index (χ2n) is 23.2. The number of aliphatic hydroxyl groups is 6. The number of aliphatic hydroxyl groups excluding tert-OH is 5. The molecule has 0 saturated heterocycles. The van der Waals surface area contributed by atoms with Gasteiger partial charge in [-0.15, -0.1) is 0 Å². The minimum atomic E-state index is -1.69. The average Bonchev–Trinajstić information content (AvgIpc) is 3.81. The molecule has 10 nitrogen and oxygen atoms in total. The topological polar surface area (TPSA) is 171 Å². The minimum Gasteiger partial charge on any atom is -0.478 e. The summed E-state index contributed by atoms with van der Waals surface area (Å²) in [5.41, 5.74) is -1.57. The average molecular weight is 802 g/mol. The highest BCUT2D eigenvalue weighted by Crippen LogP contribution is 2.78. The van der Waals surface area contributed by atoms with Crippen molar-refractivity contribution < 1.29 is 45.3 Å². The standard InChI is InChI=1S/C47H79NO9/c1-26(2)37-31(49)22-47(34(50)25-48(39(52)40(53)54)24-27-10-11-28-21-29(28)20-27)19-18-45(8)30(38(37)47)12-13-33-44(7)16-15-35(57-36(51)23-42(3,4)41(55)56)43(5,6)32(44)14-17-46(33,45)9/h10-11,26-39,41,49-52,55-56H,12-25H2,1-9H3,(H,53,54)/t27?,28?,29?,30?,31?,32?,33?,34?,35?,36?,37-,38?,39?,44?,45+,46?,47?/m0/s1. The summed E-state index contributed by atoms with van der Waals surface area (Å²) < 4.78 is 6.41. The van der Waals surface area contributed by atoms with E-state index in [9.17, 15) is 40.5 Å². The third kappa shape index (κ3) is 7.12. The van der Waals surface area contributed by atoms with Crippen molar-refractivity contribution in [2.24, 2.45) is 85.8 Å². The van der Waals surface area contributed by atoms with Crippen LogP contribution in [0.3, 0.4) is 0 Å². The number of allylic oxidation sites excluding steroid dienone is 1. The van der Waals surface area contributed by atoms with E-state index >= 15 is 0 Å². The van der Waals surface area contributed by atoms with Crippen LogP contribution in [0.1, 0.15) is 139 Å². The van der Waals surface area contributed by atoms with E-state index in [1.165, 1.54) is 6.42 Å². The normalized spacial score (nSPS) is 46.4. The fourth-order valence-electron chi connectivity index (χ4n) is 15.9. The number of ether oxygens (including phenoxy) is 1. The van der Waals surface area contributed by atoms with Crippen molar-refractivity contribution >= 4 is 5.97 Å². The van der Waals surface area contributed by atoms with Crippen LogP contribution in [-0.4, -0.2) is 96.8 Å². The maximum atomic E-state index is 12.6. The van der Waals surface area contributed by atoms with Crippen LogP contribution in [-0.2, 0) is 9.53 Å². The number of fused-ring (bicyclic) bond motifs is 8. The van der Waals surface area contributed by atoms with Crippen molar-refractivity contribution in [1.29, 1.82) is 0 Å². The molecule has 0 radical (unpaired) electrons. The van der Waals surface area contributed by atoms with Gasteiger partial charge in [-0.2, -0.15) is 0 Å². The summed E-state index contributed by atoms with van der Waals surface area (Å²) in [4.78, 5) is 13.9. The zero-order chi connectivity index (χ0) is 41.8. The molecule has 10 heteroatoms. The fourth-order valence-corrected chi connectivity index (χ4v) is 15.9. The first kappa shape index (κ1) is 44.0. The zero-order valence-electron chi connectivity index (χ0n) is 36.6. The smallest absolute Gasteiger partial charge is 0.348 e. The van der Waals surface area contributed by atoms with Crippen molar-refractivity contribution in [2.75, 3.05) is 13.1 Å². The van der Waals surface area contributed by atoms with Crippen LogP contribution in [0.5, 0.6) is 0 Å². The molecule has 0 amide bonds. The maximum Gasteiger partial charge on any atom is 0.348 e. The third-order valence-corrected chi connectivity index (χ3v) is 19.3. The first-order valence-electron chi connectivity index (χ1n) is 22.8. The van der Waals surface area contributed by atoms with Crippen LogP contribution in [0, 0.1) is 85.8 Å². The van der Waals surface area contributed by atoms with Crippen LogP contribution in [0.2, 0.25) is 0 Å². The summed E-state index contributed by atoms with van der Waals surface area (Å²) in [5.74, 6) is 1.64. The Kier molecular flexibility index (Phi) is 11.6. The van der Waals surface area contributed by atoms with Gasteiger partial charge in [-0.25, -0.2) is 4.79 Å². The van der Waals surface area contributed by atoms with Crippen molar-refractivity contribution in [1.82, 2.24) is 4.90 Å². The van der Waals surface area contributed by atoms with Crippen LogP contribution in [0.15, 0.2) is 12.2 Å². The summed E-state index contributed by atoms with van der Waals surface area (Å²) in [6.45, 7) is 20.6. The summed E-state index contributed by atoms with van der Waals surface area (Å²) in [7, 11) is 0. The molecule has 0 heterocycles. The lowest BCUT2D eigenvalue weighted by molar-refractivity contribution is -0.274. The Morgan fingerprint density at radius 3 is 2.21 bits per heavy atom. The maximum absolute atomic E-state index is 12.6. The van der Waals surface area contributed by atoms with Gasteiger partial charge in [-0.05, 0) is 146 Å². The number of carboxylic acids is 1. The number of rotatable bonds is 13. The molecule has 0 aromatic heterocycles. The van der Waals surface area contributed by atoms with E-state index in [0.717, 1.165) is 57.8 Å². The molecular formula is C47H79NO9. The van der Waals surface area contributed by atoms with Gasteiger partial charge in [0.2, 0.25) is 6.23 Å². The van der Waals surface area contributed by atoms with Gasteiger partial charge in [0.15, 0.2) is 12.6 Å². The van der Waals surface area contributed by atoms with Crippen molar-refractivity contribution in [2.45, 2.75) is 176 Å². The van der Waals surface area contributed by atoms with Gasteiger partial charge < -0.3 is 40.5 Å². The lowest BCUT2D eigenvalue weighted by atomic mass is 9.32. The molecule has 0 aromatic carbocycles. The molecule has 15 unspecified atom stereocenters. The summed E-state index contributed by atoms with van der Waals surface area (Å²) >= 11 is 0. The van der Waals surface area contributed by atoms with Crippen LogP contribution in [0.25, 0.3) is 0 Å². The molecule has 7 aliphatic rings. The number of hydrogen-bond acceptors (Lipinski definition) is 9. The molecule has 6 saturated carbocycles. The van der Waals surface area contributed by atoms with E-state index in [-0.39, 0.29) is 64.4 Å². The van der Waals surface area contributed by atoms with Crippen LogP contribution >= 0.6 is 0 Å². The Hall–Kier alpha value is -1.11. The van der Waals surface area contributed by atoms with Gasteiger partial charge in [-0.3, -0.25) is 4.90 Å². The first-order chi connectivity index (χ1) is 26.4.